The molecule has 7 nitrogen and oxygen atoms in total. The standard InChI is InChI=1S/C27H23IN2O5S/c1-4-34-22-14-17(13-21(28)24(22)35-26(32)18-7-11-20(33-3)12-8-18)15-23-25(31)30-27(36-23)29-19-9-5-16(2)6-10-19/h5-15H,4H2,1-3H3,(H,29,30,31)/b23-15-. The average molecular weight is 614 g/mol. The number of methoxy groups -OCH3 is 1. The first-order valence-electron chi connectivity index (χ1n) is 11.0. The van der Waals surface area contributed by atoms with E-state index in [1.807, 2.05) is 44.2 Å². The first-order valence-corrected chi connectivity index (χ1v) is 12.9. The number of amidine groups is 1. The third-order valence-electron chi connectivity index (χ3n) is 5.07. The average Bonchev–Trinajstić information content (AvgIpc) is 3.21. The van der Waals surface area contributed by atoms with Crippen LogP contribution in [0, 0.1) is 10.5 Å². The summed E-state index contributed by atoms with van der Waals surface area (Å²) < 4.78 is 17.3. The highest BCUT2D eigenvalue weighted by Crippen LogP contribution is 2.37. The van der Waals surface area contributed by atoms with Gasteiger partial charge in [-0.25, -0.2) is 9.79 Å². The Morgan fingerprint density at radius 1 is 1.11 bits per heavy atom. The summed E-state index contributed by atoms with van der Waals surface area (Å²) in [5.74, 6) is 0.647. The van der Waals surface area contributed by atoms with Gasteiger partial charge in [-0.05, 0) is 108 Å². The van der Waals surface area contributed by atoms with Crippen LogP contribution in [0.2, 0.25) is 0 Å². The van der Waals surface area contributed by atoms with E-state index in [4.69, 9.17) is 14.2 Å². The van der Waals surface area contributed by atoms with Crippen LogP contribution in [0.1, 0.15) is 28.4 Å². The van der Waals surface area contributed by atoms with E-state index in [2.05, 4.69) is 32.9 Å². The zero-order chi connectivity index (χ0) is 25.7. The lowest BCUT2D eigenvalue weighted by Gasteiger charge is -2.14. The number of hydrogen-bond donors (Lipinski definition) is 1. The van der Waals surface area contributed by atoms with Gasteiger partial charge >= 0.3 is 5.97 Å². The minimum absolute atomic E-state index is 0.228. The van der Waals surface area contributed by atoms with Gasteiger partial charge in [-0.15, -0.1) is 0 Å². The largest absolute Gasteiger partial charge is 0.497 e. The zero-order valence-electron chi connectivity index (χ0n) is 19.8. The third kappa shape index (κ3) is 6.27. The molecular weight excluding hydrogens is 591 g/mol. The number of aryl methyl sites for hydroxylation is 1. The van der Waals surface area contributed by atoms with Crippen molar-refractivity contribution in [1.82, 2.24) is 5.32 Å². The number of benzene rings is 3. The molecule has 4 rings (SSSR count). The van der Waals surface area contributed by atoms with Gasteiger partial charge in [-0.3, -0.25) is 4.79 Å². The lowest BCUT2D eigenvalue weighted by molar-refractivity contribution is -0.115. The van der Waals surface area contributed by atoms with Crippen molar-refractivity contribution in [3.63, 3.8) is 0 Å². The number of rotatable bonds is 7. The normalized spacial score (nSPS) is 15.2. The number of nitrogens with one attached hydrogen (secondary N) is 1. The van der Waals surface area contributed by atoms with E-state index in [1.165, 1.54) is 11.8 Å². The first-order chi connectivity index (χ1) is 17.4. The fourth-order valence-corrected chi connectivity index (χ4v) is 4.86. The van der Waals surface area contributed by atoms with Gasteiger partial charge in [0.05, 0.1) is 33.4 Å². The summed E-state index contributed by atoms with van der Waals surface area (Å²) in [6, 6.07) is 18.0. The van der Waals surface area contributed by atoms with Crippen molar-refractivity contribution in [2.75, 3.05) is 13.7 Å². The summed E-state index contributed by atoms with van der Waals surface area (Å²) in [6.07, 6.45) is 1.76. The Morgan fingerprint density at radius 3 is 2.50 bits per heavy atom. The van der Waals surface area contributed by atoms with Gasteiger partial charge in [0.1, 0.15) is 5.75 Å². The molecule has 0 bridgehead atoms. The Labute approximate surface area is 227 Å². The minimum atomic E-state index is -0.509. The van der Waals surface area contributed by atoms with Gasteiger partial charge < -0.3 is 19.5 Å². The highest BCUT2D eigenvalue weighted by atomic mass is 127. The summed E-state index contributed by atoms with van der Waals surface area (Å²) in [4.78, 5) is 30.3. The lowest BCUT2D eigenvalue weighted by Crippen LogP contribution is -2.19. The number of carbonyl (C=O) groups is 2. The van der Waals surface area contributed by atoms with Gasteiger partial charge in [0.2, 0.25) is 0 Å². The maximum atomic E-state index is 12.7. The van der Waals surface area contributed by atoms with E-state index in [-0.39, 0.29) is 5.91 Å². The minimum Gasteiger partial charge on any atom is -0.497 e. The monoisotopic (exact) mass is 614 g/mol. The second-order valence-electron chi connectivity index (χ2n) is 7.70. The molecular formula is C27H23IN2O5S. The molecule has 1 aliphatic rings. The molecule has 1 aliphatic heterocycles. The second kappa shape index (κ2) is 11.6. The fourth-order valence-electron chi connectivity index (χ4n) is 3.28. The molecule has 184 valence electrons. The van der Waals surface area contributed by atoms with Gasteiger partial charge in [0.15, 0.2) is 16.7 Å². The van der Waals surface area contributed by atoms with E-state index in [0.717, 1.165) is 16.8 Å². The van der Waals surface area contributed by atoms with Crippen molar-refractivity contribution in [2.24, 2.45) is 4.99 Å². The number of amides is 1. The number of ether oxygens (including phenoxy) is 3. The van der Waals surface area contributed by atoms with Crippen molar-refractivity contribution in [1.29, 1.82) is 0 Å². The molecule has 3 aromatic carbocycles. The van der Waals surface area contributed by atoms with Crippen LogP contribution in [0.4, 0.5) is 5.69 Å². The predicted molar refractivity (Wildman–Crippen MR) is 150 cm³/mol. The summed E-state index contributed by atoms with van der Waals surface area (Å²) >= 11 is 3.36. The summed E-state index contributed by atoms with van der Waals surface area (Å²) in [6.45, 7) is 4.24. The van der Waals surface area contributed by atoms with Crippen LogP contribution < -0.4 is 19.5 Å². The SMILES string of the molecule is CCOc1cc(/C=C2\SC(=Nc3ccc(C)cc3)NC2=O)cc(I)c1OC(=O)c1ccc(OC)cc1. The highest BCUT2D eigenvalue weighted by molar-refractivity contribution is 14.1. The van der Waals surface area contributed by atoms with Crippen LogP contribution in [0.5, 0.6) is 17.2 Å². The van der Waals surface area contributed by atoms with Gasteiger partial charge in [0, 0.05) is 0 Å². The van der Waals surface area contributed by atoms with Crippen molar-refractivity contribution >= 4 is 63.2 Å². The van der Waals surface area contributed by atoms with Crippen LogP contribution in [0.15, 0.2) is 70.6 Å². The van der Waals surface area contributed by atoms with E-state index in [9.17, 15) is 9.59 Å². The Kier molecular flexibility index (Phi) is 8.32. The molecule has 9 heteroatoms. The fraction of sp³-hybridized carbons (Fsp3) is 0.148. The van der Waals surface area contributed by atoms with Gasteiger partial charge in [-0.2, -0.15) is 0 Å². The number of thioether (sulfide) groups is 1. The van der Waals surface area contributed by atoms with E-state index in [0.29, 0.717) is 43.1 Å². The molecule has 0 aromatic heterocycles. The Hall–Kier alpha value is -3.31. The van der Waals surface area contributed by atoms with E-state index >= 15 is 0 Å². The van der Waals surface area contributed by atoms with Crippen LogP contribution in [0.3, 0.4) is 0 Å². The van der Waals surface area contributed by atoms with Gasteiger partial charge in [0.25, 0.3) is 5.91 Å². The third-order valence-corrected chi connectivity index (χ3v) is 6.78. The molecule has 0 saturated carbocycles. The Morgan fingerprint density at radius 2 is 1.83 bits per heavy atom. The smallest absolute Gasteiger partial charge is 0.343 e. The highest BCUT2D eigenvalue weighted by Gasteiger charge is 2.24. The van der Waals surface area contributed by atoms with E-state index < -0.39 is 5.97 Å². The van der Waals surface area contributed by atoms with Crippen molar-refractivity contribution < 1.29 is 23.8 Å². The van der Waals surface area contributed by atoms with Crippen LogP contribution in [-0.4, -0.2) is 30.8 Å². The van der Waals surface area contributed by atoms with Crippen molar-refractivity contribution in [3.8, 4) is 17.2 Å². The van der Waals surface area contributed by atoms with Crippen molar-refractivity contribution in [3.05, 3.63) is 85.8 Å². The summed E-state index contributed by atoms with van der Waals surface area (Å²) in [7, 11) is 1.56. The van der Waals surface area contributed by atoms with Crippen LogP contribution >= 0.6 is 34.4 Å². The molecule has 0 unspecified atom stereocenters. The number of halogens is 1. The molecule has 1 amide bonds. The maximum absolute atomic E-state index is 12.7. The predicted octanol–water partition coefficient (Wildman–Crippen LogP) is 6.12. The molecule has 1 heterocycles. The summed E-state index contributed by atoms with van der Waals surface area (Å²) in [5, 5.41) is 3.31. The molecule has 1 saturated heterocycles. The molecule has 0 spiro atoms. The topological polar surface area (TPSA) is 86.2 Å². The Bertz CT molecular complexity index is 1350. The van der Waals surface area contributed by atoms with Gasteiger partial charge in [-0.1, -0.05) is 17.7 Å². The number of esters is 1. The number of carbonyl (C=O) groups excluding carboxylic acids is 2. The maximum Gasteiger partial charge on any atom is 0.343 e. The molecule has 1 fully saturated rings. The van der Waals surface area contributed by atoms with E-state index in [1.54, 1.807) is 43.5 Å². The number of hydrogen-bond acceptors (Lipinski definition) is 7. The number of nitrogens with zero attached hydrogens (tertiary/aromatic N) is 1. The number of aliphatic imine (C=N–C) groups is 1. The molecule has 3 aromatic rings. The van der Waals surface area contributed by atoms with Crippen LogP contribution in [-0.2, 0) is 4.79 Å². The molecule has 0 atom stereocenters. The molecule has 1 N–H and O–H groups in total. The molecule has 0 radical (unpaired) electrons. The molecule has 36 heavy (non-hydrogen) atoms. The van der Waals surface area contributed by atoms with Crippen molar-refractivity contribution in [2.45, 2.75) is 13.8 Å². The van der Waals surface area contributed by atoms with Crippen LogP contribution in [0.25, 0.3) is 6.08 Å². The zero-order valence-corrected chi connectivity index (χ0v) is 22.8. The summed E-state index contributed by atoms with van der Waals surface area (Å²) in [5.41, 5.74) is 3.03. The quantitative estimate of drug-likeness (QED) is 0.150. The molecule has 0 aliphatic carbocycles. The lowest BCUT2D eigenvalue weighted by atomic mass is 10.1. The first kappa shape index (κ1) is 25.8. The Balaban J connectivity index is 1.57. The second-order valence-corrected chi connectivity index (χ2v) is 9.89.